The number of piperidine rings is 1. The lowest BCUT2D eigenvalue weighted by atomic mass is 9.97. The van der Waals surface area contributed by atoms with Crippen LogP contribution in [0.4, 0.5) is 11.4 Å². The Morgan fingerprint density at radius 2 is 1.44 bits per heavy atom. The predicted octanol–water partition coefficient (Wildman–Crippen LogP) is 5.90. The van der Waals surface area contributed by atoms with Gasteiger partial charge in [0.2, 0.25) is 0 Å². The molecule has 0 radical (unpaired) electrons. The normalized spacial score (nSPS) is 18.0. The van der Waals surface area contributed by atoms with Gasteiger partial charge in [-0.25, -0.2) is 0 Å². The molecule has 34 heavy (non-hydrogen) atoms. The van der Waals surface area contributed by atoms with Gasteiger partial charge in [0.25, 0.3) is 0 Å². The Morgan fingerprint density at radius 3 is 2.09 bits per heavy atom. The lowest BCUT2D eigenvalue weighted by Gasteiger charge is -2.33. The molecule has 1 atom stereocenters. The third kappa shape index (κ3) is 4.88. The quantitative estimate of drug-likeness (QED) is 0.434. The average Bonchev–Trinajstić information content (AvgIpc) is 3.03. The Bertz CT molecular complexity index is 1090. The molecule has 176 valence electrons. The van der Waals surface area contributed by atoms with E-state index < -0.39 is 0 Å². The highest BCUT2D eigenvalue weighted by Crippen LogP contribution is 2.37. The fourth-order valence-electron chi connectivity index (χ4n) is 5.47. The second kappa shape index (κ2) is 10.4. The molecule has 0 aliphatic carbocycles. The molecule has 0 saturated carbocycles. The molecule has 3 aromatic carbocycles. The Balaban J connectivity index is 1.41. The Labute approximate surface area is 203 Å². The predicted molar refractivity (Wildman–Crippen MR) is 137 cm³/mol. The van der Waals surface area contributed by atoms with E-state index in [2.05, 4.69) is 82.6 Å². The zero-order valence-electron chi connectivity index (χ0n) is 20.1. The number of carbonyl (C=O) groups excluding carboxylic acids is 1. The summed E-state index contributed by atoms with van der Waals surface area (Å²) in [7, 11) is 0. The van der Waals surface area contributed by atoms with E-state index in [1.165, 1.54) is 33.6 Å². The molecule has 3 aromatic rings. The number of anilines is 2. The second-order valence-corrected chi connectivity index (χ2v) is 9.44. The number of para-hydroxylation sites is 2. The first-order valence-electron chi connectivity index (χ1n) is 12.6. The Hall–Kier alpha value is -3.11. The summed E-state index contributed by atoms with van der Waals surface area (Å²) < 4.78 is 5.31. The fourth-order valence-corrected chi connectivity index (χ4v) is 5.47. The van der Waals surface area contributed by atoms with Crippen molar-refractivity contribution in [3.05, 3.63) is 95.1 Å². The molecule has 4 heteroatoms. The fraction of sp³-hybridized carbons (Fsp3) is 0.367. The lowest BCUT2D eigenvalue weighted by Crippen LogP contribution is -2.39. The van der Waals surface area contributed by atoms with Gasteiger partial charge in [-0.1, -0.05) is 60.7 Å². The SMILES string of the molecule is CCOC(=O)[C@@H]1CCCN(Cc2ccccc2CN2c3ccccc3CCc3ccccc32)C1. The average molecular weight is 455 g/mol. The first-order valence-corrected chi connectivity index (χ1v) is 12.6. The largest absolute Gasteiger partial charge is 0.466 e. The molecule has 2 aliphatic rings. The van der Waals surface area contributed by atoms with Crippen LogP contribution in [-0.2, 0) is 35.5 Å². The summed E-state index contributed by atoms with van der Waals surface area (Å²) in [6.45, 7) is 5.84. The third-order valence-electron chi connectivity index (χ3n) is 7.19. The zero-order chi connectivity index (χ0) is 23.3. The molecule has 0 N–H and O–H groups in total. The summed E-state index contributed by atoms with van der Waals surface area (Å²) in [5, 5.41) is 0. The monoisotopic (exact) mass is 454 g/mol. The molecule has 5 rings (SSSR count). The number of likely N-dealkylation sites (tertiary alicyclic amines) is 1. The molecule has 0 aromatic heterocycles. The van der Waals surface area contributed by atoms with Crippen molar-refractivity contribution in [1.82, 2.24) is 4.90 Å². The highest BCUT2D eigenvalue weighted by molar-refractivity contribution is 5.73. The number of hydrogen-bond acceptors (Lipinski definition) is 4. The van der Waals surface area contributed by atoms with E-state index in [0.29, 0.717) is 6.61 Å². The number of rotatable bonds is 6. The van der Waals surface area contributed by atoms with Crippen molar-refractivity contribution in [2.75, 3.05) is 24.6 Å². The van der Waals surface area contributed by atoms with Crippen molar-refractivity contribution < 1.29 is 9.53 Å². The molecule has 0 bridgehead atoms. The van der Waals surface area contributed by atoms with Gasteiger partial charge in [-0.15, -0.1) is 0 Å². The van der Waals surface area contributed by atoms with Gasteiger partial charge >= 0.3 is 5.97 Å². The number of ether oxygens (including phenoxy) is 1. The van der Waals surface area contributed by atoms with Crippen LogP contribution in [-0.4, -0.2) is 30.6 Å². The van der Waals surface area contributed by atoms with E-state index in [0.717, 1.165) is 51.9 Å². The van der Waals surface area contributed by atoms with E-state index in [9.17, 15) is 4.79 Å². The molecular formula is C30H34N2O2. The first-order chi connectivity index (χ1) is 16.7. The van der Waals surface area contributed by atoms with Gasteiger partial charge in [0.1, 0.15) is 0 Å². The summed E-state index contributed by atoms with van der Waals surface area (Å²) >= 11 is 0. The topological polar surface area (TPSA) is 32.8 Å². The maximum absolute atomic E-state index is 12.3. The van der Waals surface area contributed by atoms with Gasteiger partial charge in [-0.05, 0) is 73.5 Å². The molecular weight excluding hydrogens is 420 g/mol. The van der Waals surface area contributed by atoms with Gasteiger partial charge in [0, 0.05) is 31.0 Å². The van der Waals surface area contributed by atoms with Gasteiger partial charge in [0.15, 0.2) is 0 Å². The third-order valence-corrected chi connectivity index (χ3v) is 7.19. The van der Waals surface area contributed by atoms with E-state index in [1.54, 1.807) is 0 Å². The van der Waals surface area contributed by atoms with Crippen molar-refractivity contribution in [1.29, 1.82) is 0 Å². The van der Waals surface area contributed by atoms with Crippen molar-refractivity contribution in [3.8, 4) is 0 Å². The molecule has 2 aliphatic heterocycles. The van der Waals surface area contributed by atoms with Gasteiger partial charge in [-0.3, -0.25) is 9.69 Å². The van der Waals surface area contributed by atoms with Crippen LogP contribution in [0.15, 0.2) is 72.8 Å². The molecule has 4 nitrogen and oxygen atoms in total. The number of fused-ring (bicyclic) bond motifs is 2. The van der Waals surface area contributed by atoms with Gasteiger partial charge < -0.3 is 9.64 Å². The van der Waals surface area contributed by atoms with E-state index in [4.69, 9.17) is 4.74 Å². The van der Waals surface area contributed by atoms with E-state index in [1.807, 2.05) is 6.92 Å². The molecule has 0 spiro atoms. The number of hydrogen-bond donors (Lipinski definition) is 0. The lowest BCUT2D eigenvalue weighted by molar-refractivity contribution is -0.150. The van der Waals surface area contributed by atoms with Crippen LogP contribution in [0.3, 0.4) is 0 Å². The van der Waals surface area contributed by atoms with Crippen molar-refractivity contribution in [2.45, 2.75) is 45.7 Å². The summed E-state index contributed by atoms with van der Waals surface area (Å²) in [5.74, 6) is -0.0523. The summed E-state index contributed by atoms with van der Waals surface area (Å²) in [4.78, 5) is 17.3. The van der Waals surface area contributed by atoms with E-state index >= 15 is 0 Å². The smallest absolute Gasteiger partial charge is 0.310 e. The molecule has 1 saturated heterocycles. The summed E-state index contributed by atoms with van der Waals surface area (Å²) in [6.07, 6.45) is 4.10. The maximum Gasteiger partial charge on any atom is 0.310 e. The number of aryl methyl sites for hydroxylation is 2. The van der Waals surface area contributed by atoms with Crippen LogP contribution < -0.4 is 4.90 Å². The van der Waals surface area contributed by atoms with Crippen LogP contribution in [0, 0.1) is 5.92 Å². The van der Waals surface area contributed by atoms with Crippen molar-refractivity contribution in [3.63, 3.8) is 0 Å². The number of carbonyl (C=O) groups is 1. The van der Waals surface area contributed by atoms with Gasteiger partial charge in [0.05, 0.1) is 12.5 Å². The minimum Gasteiger partial charge on any atom is -0.466 e. The zero-order valence-corrected chi connectivity index (χ0v) is 20.1. The van der Waals surface area contributed by atoms with Crippen LogP contribution in [0.2, 0.25) is 0 Å². The Kier molecular flexibility index (Phi) is 6.96. The van der Waals surface area contributed by atoms with Crippen LogP contribution >= 0.6 is 0 Å². The highest BCUT2D eigenvalue weighted by atomic mass is 16.5. The molecule has 2 heterocycles. The second-order valence-electron chi connectivity index (χ2n) is 9.44. The molecule has 0 amide bonds. The minimum absolute atomic E-state index is 0.00905. The standard InChI is InChI=1S/C30H34N2O2/c1-2-34-30(33)27-14-9-19-31(21-27)20-25-12-3-4-13-26(25)22-32-28-15-7-5-10-23(28)17-18-24-11-6-8-16-29(24)32/h3-8,10-13,15-16,27H,2,9,14,17-22H2,1H3/t27-/m1/s1. The Morgan fingerprint density at radius 1 is 0.853 bits per heavy atom. The van der Waals surface area contributed by atoms with Crippen LogP contribution in [0.25, 0.3) is 0 Å². The van der Waals surface area contributed by atoms with Crippen LogP contribution in [0.5, 0.6) is 0 Å². The van der Waals surface area contributed by atoms with Crippen molar-refractivity contribution in [2.24, 2.45) is 5.92 Å². The maximum atomic E-state index is 12.3. The summed E-state index contributed by atoms with van der Waals surface area (Å²) in [6, 6.07) is 26.4. The highest BCUT2D eigenvalue weighted by Gasteiger charge is 2.27. The number of nitrogens with zero attached hydrogens (tertiary/aromatic N) is 2. The summed E-state index contributed by atoms with van der Waals surface area (Å²) in [5.41, 5.74) is 8.11. The number of esters is 1. The van der Waals surface area contributed by atoms with Gasteiger partial charge in [-0.2, -0.15) is 0 Å². The van der Waals surface area contributed by atoms with Crippen molar-refractivity contribution >= 4 is 17.3 Å². The van der Waals surface area contributed by atoms with Crippen LogP contribution in [0.1, 0.15) is 42.0 Å². The first kappa shape index (κ1) is 22.7. The molecule has 1 fully saturated rings. The molecule has 0 unspecified atom stereocenters. The number of benzene rings is 3. The van der Waals surface area contributed by atoms with E-state index in [-0.39, 0.29) is 11.9 Å². The minimum atomic E-state index is -0.0433.